The van der Waals surface area contributed by atoms with Gasteiger partial charge in [0.25, 0.3) is 0 Å². The normalized spacial score (nSPS) is 18.9. The summed E-state index contributed by atoms with van der Waals surface area (Å²) < 4.78 is 5.08. The molecule has 0 saturated carbocycles. The molecule has 2 aromatic rings. The van der Waals surface area contributed by atoms with Crippen LogP contribution in [0.2, 0.25) is 0 Å². The third-order valence-corrected chi connectivity index (χ3v) is 4.19. The maximum absolute atomic E-state index is 5.08. The van der Waals surface area contributed by atoms with Crippen molar-refractivity contribution >= 4 is 11.8 Å². The van der Waals surface area contributed by atoms with Gasteiger partial charge in [-0.05, 0) is 17.2 Å². The van der Waals surface area contributed by atoms with Crippen molar-refractivity contribution in [2.24, 2.45) is 0 Å². The van der Waals surface area contributed by atoms with E-state index in [1.54, 1.807) is 12.5 Å². The monoisotopic (exact) mass is 245 g/mol. The average molecular weight is 245 g/mol. The highest BCUT2D eigenvalue weighted by Gasteiger charge is 2.19. The largest absolute Gasteiger partial charge is 0.472 e. The fourth-order valence-corrected chi connectivity index (χ4v) is 3.32. The van der Waals surface area contributed by atoms with Crippen molar-refractivity contribution in [2.75, 3.05) is 5.75 Å². The van der Waals surface area contributed by atoms with Gasteiger partial charge in [0.05, 0.1) is 12.5 Å². The zero-order valence-electron chi connectivity index (χ0n) is 9.56. The van der Waals surface area contributed by atoms with Gasteiger partial charge in [-0.3, -0.25) is 0 Å². The van der Waals surface area contributed by atoms with Gasteiger partial charge in [0, 0.05) is 29.7 Å². The van der Waals surface area contributed by atoms with Gasteiger partial charge in [0.2, 0.25) is 0 Å². The van der Waals surface area contributed by atoms with E-state index in [0.29, 0.717) is 6.04 Å². The molecule has 3 rings (SSSR count). The molecule has 1 aliphatic rings. The maximum Gasteiger partial charge on any atom is 0.0947 e. The summed E-state index contributed by atoms with van der Waals surface area (Å²) in [5, 5.41) is 3.60. The first-order valence-corrected chi connectivity index (χ1v) is 6.99. The minimum Gasteiger partial charge on any atom is -0.472 e. The van der Waals surface area contributed by atoms with Crippen molar-refractivity contribution < 1.29 is 4.42 Å². The van der Waals surface area contributed by atoms with E-state index < -0.39 is 0 Å². The minimum absolute atomic E-state index is 0.458. The predicted octanol–water partition coefficient (Wildman–Crippen LogP) is 3.36. The van der Waals surface area contributed by atoms with Crippen molar-refractivity contribution in [2.45, 2.75) is 18.3 Å². The Morgan fingerprint density at radius 1 is 1.29 bits per heavy atom. The average Bonchev–Trinajstić information content (AvgIpc) is 2.89. The molecule has 1 N–H and O–H groups in total. The van der Waals surface area contributed by atoms with E-state index >= 15 is 0 Å². The molecule has 2 heterocycles. The molecular formula is C14H15NOS. The van der Waals surface area contributed by atoms with E-state index in [9.17, 15) is 0 Å². The van der Waals surface area contributed by atoms with Crippen LogP contribution >= 0.6 is 11.8 Å². The Labute approximate surface area is 105 Å². The fourth-order valence-electron chi connectivity index (χ4n) is 2.19. The van der Waals surface area contributed by atoms with Gasteiger partial charge in [-0.2, -0.15) is 11.8 Å². The lowest BCUT2D eigenvalue weighted by atomic mass is 10.0. The molecule has 0 aliphatic carbocycles. The number of benzene rings is 1. The summed E-state index contributed by atoms with van der Waals surface area (Å²) in [5.41, 5.74) is 4.13. The second kappa shape index (κ2) is 4.98. The number of fused-ring (bicyclic) bond motifs is 1. The van der Waals surface area contributed by atoms with Crippen LogP contribution in [0.15, 0.2) is 47.3 Å². The topological polar surface area (TPSA) is 25.2 Å². The first-order chi connectivity index (χ1) is 8.43. The SMILES string of the molecule is c1ccc2c(c1)CSCC2NCc1ccoc1. The summed E-state index contributed by atoms with van der Waals surface area (Å²) in [4.78, 5) is 0. The van der Waals surface area contributed by atoms with Crippen molar-refractivity contribution in [3.63, 3.8) is 0 Å². The molecule has 1 aromatic heterocycles. The van der Waals surface area contributed by atoms with Crippen LogP contribution in [-0.2, 0) is 12.3 Å². The molecule has 0 fully saturated rings. The first kappa shape index (κ1) is 10.9. The van der Waals surface area contributed by atoms with Crippen LogP contribution in [0.25, 0.3) is 0 Å². The molecule has 1 aromatic carbocycles. The lowest BCUT2D eigenvalue weighted by Gasteiger charge is -2.25. The third kappa shape index (κ3) is 2.40. The molecule has 17 heavy (non-hydrogen) atoms. The van der Waals surface area contributed by atoms with Crippen molar-refractivity contribution in [3.8, 4) is 0 Å². The molecule has 1 atom stereocenters. The Hall–Kier alpha value is -1.19. The van der Waals surface area contributed by atoms with Gasteiger partial charge < -0.3 is 9.73 Å². The minimum atomic E-state index is 0.458. The smallest absolute Gasteiger partial charge is 0.0947 e. The Morgan fingerprint density at radius 2 is 2.24 bits per heavy atom. The van der Waals surface area contributed by atoms with E-state index in [1.165, 1.54) is 16.7 Å². The van der Waals surface area contributed by atoms with Crippen LogP contribution in [0.5, 0.6) is 0 Å². The second-order valence-electron chi connectivity index (χ2n) is 4.28. The van der Waals surface area contributed by atoms with Crippen LogP contribution in [0.1, 0.15) is 22.7 Å². The van der Waals surface area contributed by atoms with Gasteiger partial charge in [0.1, 0.15) is 0 Å². The number of thioether (sulfide) groups is 1. The number of hydrogen-bond donors (Lipinski definition) is 1. The Kier molecular flexibility index (Phi) is 3.20. The number of furan rings is 1. The molecule has 0 saturated heterocycles. The van der Waals surface area contributed by atoms with Gasteiger partial charge in [-0.25, -0.2) is 0 Å². The zero-order chi connectivity index (χ0) is 11.5. The molecule has 3 heteroatoms. The standard InChI is InChI=1S/C14H15NOS/c1-2-4-13-12(3-1)9-17-10-14(13)15-7-11-5-6-16-8-11/h1-6,8,14-15H,7,9-10H2. The van der Waals surface area contributed by atoms with E-state index in [4.69, 9.17) is 4.42 Å². The highest BCUT2D eigenvalue weighted by atomic mass is 32.2. The second-order valence-corrected chi connectivity index (χ2v) is 5.31. The number of rotatable bonds is 3. The van der Waals surface area contributed by atoms with E-state index in [2.05, 4.69) is 29.6 Å². The Bertz CT molecular complexity index is 481. The lowest BCUT2D eigenvalue weighted by molar-refractivity contribution is 0.547. The van der Waals surface area contributed by atoms with Crippen LogP contribution < -0.4 is 5.32 Å². The van der Waals surface area contributed by atoms with Crippen LogP contribution in [0.4, 0.5) is 0 Å². The molecule has 1 unspecified atom stereocenters. The zero-order valence-corrected chi connectivity index (χ0v) is 10.4. The van der Waals surface area contributed by atoms with E-state index in [0.717, 1.165) is 18.1 Å². The highest BCUT2D eigenvalue weighted by Crippen LogP contribution is 2.31. The third-order valence-electron chi connectivity index (χ3n) is 3.11. The number of nitrogens with one attached hydrogen (secondary N) is 1. The van der Waals surface area contributed by atoms with Crippen LogP contribution in [-0.4, -0.2) is 5.75 Å². The first-order valence-electron chi connectivity index (χ1n) is 5.83. The molecular weight excluding hydrogens is 230 g/mol. The molecule has 0 bridgehead atoms. The van der Waals surface area contributed by atoms with E-state index in [1.807, 2.05) is 17.8 Å². The van der Waals surface area contributed by atoms with Gasteiger partial charge in [-0.1, -0.05) is 24.3 Å². The van der Waals surface area contributed by atoms with Gasteiger partial charge in [-0.15, -0.1) is 0 Å². The lowest BCUT2D eigenvalue weighted by Crippen LogP contribution is -2.26. The Morgan fingerprint density at radius 3 is 3.12 bits per heavy atom. The molecule has 0 radical (unpaired) electrons. The molecule has 88 valence electrons. The predicted molar refractivity (Wildman–Crippen MR) is 70.9 cm³/mol. The highest BCUT2D eigenvalue weighted by molar-refractivity contribution is 7.98. The summed E-state index contributed by atoms with van der Waals surface area (Å²) in [5.74, 6) is 2.29. The van der Waals surface area contributed by atoms with Crippen LogP contribution in [0.3, 0.4) is 0 Å². The number of hydrogen-bond acceptors (Lipinski definition) is 3. The maximum atomic E-state index is 5.08. The summed E-state index contributed by atoms with van der Waals surface area (Å²) in [7, 11) is 0. The van der Waals surface area contributed by atoms with Crippen LogP contribution in [0, 0.1) is 0 Å². The summed E-state index contributed by atoms with van der Waals surface area (Å²) >= 11 is 2.00. The quantitative estimate of drug-likeness (QED) is 0.897. The molecule has 2 nitrogen and oxygen atoms in total. The van der Waals surface area contributed by atoms with Crippen molar-refractivity contribution in [1.82, 2.24) is 5.32 Å². The molecule has 0 spiro atoms. The van der Waals surface area contributed by atoms with E-state index in [-0.39, 0.29) is 0 Å². The summed E-state index contributed by atoms with van der Waals surface area (Å²) in [6, 6.07) is 11.2. The van der Waals surface area contributed by atoms with Crippen molar-refractivity contribution in [1.29, 1.82) is 0 Å². The summed E-state index contributed by atoms with van der Waals surface area (Å²) in [6.07, 6.45) is 3.52. The molecule has 0 amide bonds. The fraction of sp³-hybridized carbons (Fsp3) is 0.286. The van der Waals surface area contributed by atoms with Gasteiger partial charge in [0.15, 0.2) is 0 Å². The Balaban J connectivity index is 1.72. The summed E-state index contributed by atoms with van der Waals surface area (Å²) in [6.45, 7) is 0.871. The molecule has 1 aliphatic heterocycles. The van der Waals surface area contributed by atoms with Gasteiger partial charge >= 0.3 is 0 Å². The van der Waals surface area contributed by atoms with Crippen molar-refractivity contribution in [3.05, 3.63) is 59.5 Å².